The monoisotopic (exact) mass is 463 g/mol. The lowest BCUT2D eigenvalue weighted by Crippen LogP contribution is -2.33. The SMILES string of the molecule is CC(C)(C)OC(=O)NCCS.CC(C)(C)OC(=O)NCCSSc1ccccn1. The number of hydrogen-bond donors (Lipinski definition) is 3. The summed E-state index contributed by atoms with van der Waals surface area (Å²) in [6, 6.07) is 5.80. The van der Waals surface area contributed by atoms with Crippen molar-refractivity contribution in [3.8, 4) is 0 Å². The van der Waals surface area contributed by atoms with Crippen LogP contribution in [0.15, 0.2) is 29.4 Å². The van der Waals surface area contributed by atoms with Crippen molar-refractivity contribution in [1.29, 1.82) is 0 Å². The first-order valence-corrected chi connectivity index (χ1v) is 12.1. The Morgan fingerprint density at radius 1 is 1.00 bits per heavy atom. The minimum Gasteiger partial charge on any atom is -0.444 e. The number of carbonyl (C=O) groups excluding carboxylic acids is 2. The fourth-order valence-electron chi connectivity index (χ4n) is 1.48. The van der Waals surface area contributed by atoms with E-state index in [2.05, 4.69) is 28.2 Å². The lowest BCUT2D eigenvalue weighted by molar-refractivity contribution is 0.0520. The third-order valence-corrected chi connectivity index (χ3v) is 4.91. The molecule has 166 valence electrons. The van der Waals surface area contributed by atoms with Crippen LogP contribution in [0.2, 0.25) is 0 Å². The van der Waals surface area contributed by atoms with Crippen LogP contribution in [-0.4, -0.2) is 53.0 Å². The second kappa shape index (κ2) is 14.7. The van der Waals surface area contributed by atoms with E-state index < -0.39 is 11.2 Å². The van der Waals surface area contributed by atoms with Crippen molar-refractivity contribution in [2.75, 3.05) is 24.6 Å². The molecule has 7 nitrogen and oxygen atoms in total. The molecule has 10 heteroatoms. The molecular weight excluding hydrogens is 430 g/mol. The van der Waals surface area contributed by atoms with E-state index >= 15 is 0 Å². The van der Waals surface area contributed by atoms with Crippen molar-refractivity contribution in [3.63, 3.8) is 0 Å². The smallest absolute Gasteiger partial charge is 0.407 e. The highest BCUT2D eigenvalue weighted by Gasteiger charge is 2.15. The Bertz CT molecular complexity index is 591. The third kappa shape index (κ3) is 19.8. The summed E-state index contributed by atoms with van der Waals surface area (Å²) in [4.78, 5) is 26.4. The molecule has 0 atom stereocenters. The van der Waals surface area contributed by atoms with E-state index in [1.807, 2.05) is 59.7 Å². The highest BCUT2D eigenvalue weighted by molar-refractivity contribution is 8.76. The van der Waals surface area contributed by atoms with Crippen LogP contribution < -0.4 is 10.6 Å². The van der Waals surface area contributed by atoms with Crippen LogP contribution in [0.25, 0.3) is 0 Å². The molecule has 0 bridgehead atoms. The number of carbonyl (C=O) groups is 2. The van der Waals surface area contributed by atoms with Gasteiger partial charge in [-0.2, -0.15) is 12.6 Å². The second-order valence-electron chi connectivity index (χ2n) is 7.65. The molecule has 1 rings (SSSR count). The summed E-state index contributed by atoms with van der Waals surface area (Å²) in [5.74, 6) is 1.43. The van der Waals surface area contributed by atoms with Crippen molar-refractivity contribution in [1.82, 2.24) is 15.6 Å². The first-order valence-electron chi connectivity index (χ1n) is 9.18. The Balaban J connectivity index is 0.000000614. The van der Waals surface area contributed by atoms with Gasteiger partial charge in [0.25, 0.3) is 0 Å². The third-order valence-electron chi connectivity index (χ3n) is 2.42. The van der Waals surface area contributed by atoms with Crippen LogP contribution in [0, 0.1) is 0 Å². The molecule has 29 heavy (non-hydrogen) atoms. The molecule has 0 aliphatic heterocycles. The van der Waals surface area contributed by atoms with Gasteiger partial charge < -0.3 is 20.1 Å². The molecule has 1 aromatic rings. The number of rotatable bonds is 7. The van der Waals surface area contributed by atoms with Crippen molar-refractivity contribution in [2.24, 2.45) is 0 Å². The Hall–Kier alpha value is -1.26. The predicted octanol–water partition coefficient (Wildman–Crippen LogP) is 4.79. The molecule has 0 unspecified atom stereocenters. The molecule has 2 N–H and O–H groups in total. The second-order valence-corrected chi connectivity index (χ2v) is 10.5. The van der Waals surface area contributed by atoms with E-state index in [-0.39, 0.29) is 12.2 Å². The molecule has 0 spiro atoms. The number of hydrogen-bond acceptors (Lipinski definition) is 8. The van der Waals surface area contributed by atoms with E-state index in [4.69, 9.17) is 9.47 Å². The molecule has 0 fully saturated rings. The lowest BCUT2D eigenvalue weighted by atomic mass is 10.2. The largest absolute Gasteiger partial charge is 0.444 e. The minimum atomic E-state index is -0.445. The fourth-order valence-corrected chi connectivity index (χ4v) is 3.38. The summed E-state index contributed by atoms with van der Waals surface area (Å²) in [7, 11) is 3.25. The summed E-state index contributed by atoms with van der Waals surface area (Å²) in [5, 5.41) is 6.23. The Labute approximate surface area is 187 Å². The van der Waals surface area contributed by atoms with Crippen LogP contribution in [0.1, 0.15) is 41.5 Å². The topological polar surface area (TPSA) is 89.5 Å². The number of amides is 2. The first-order chi connectivity index (χ1) is 13.4. The first kappa shape index (κ1) is 27.7. The Morgan fingerprint density at radius 3 is 2.00 bits per heavy atom. The molecule has 2 amide bonds. The molecule has 0 aliphatic rings. The summed E-state index contributed by atoms with van der Waals surface area (Å²) >= 11 is 3.94. The van der Waals surface area contributed by atoms with Crippen LogP contribution in [0.5, 0.6) is 0 Å². The van der Waals surface area contributed by atoms with E-state index in [0.717, 1.165) is 10.8 Å². The lowest BCUT2D eigenvalue weighted by Gasteiger charge is -2.19. The summed E-state index contributed by atoms with van der Waals surface area (Å²) in [5.41, 5.74) is -0.860. The zero-order valence-electron chi connectivity index (χ0n) is 18.0. The number of nitrogens with one attached hydrogen (secondary N) is 2. The minimum absolute atomic E-state index is 0.370. The van der Waals surface area contributed by atoms with Gasteiger partial charge in [-0.3, -0.25) is 0 Å². The maximum atomic E-state index is 11.3. The quantitative estimate of drug-likeness (QED) is 0.304. The number of ether oxygens (including phenoxy) is 2. The summed E-state index contributed by atoms with van der Waals surface area (Å²) in [6.45, 7) is 12.1. The molecule has 1 heterocycles. The maximum Gasteiger partial charge on any atom is 0.407 e. The standard InChI is InChI=1S/C12H18N2O2S2.C7H15NO2S/c1-12(2,3)16-11(15)14-8-9-17-18-10-6-4-5-7-13-10;1-7(2,3)10-6(9)8-4-5-11/h4-7H,8-9H2,1-3H3,(H,14,15);11H,4-5H2,1-3H3,(H,8,9). The van der Waals surface area contributed by atoms with Gasteiger partial charge in [-0.05, 0) is 64.5 Å². The van der Waals surface area contributed by atoms with E-state index in [1.54, 1.807) is 27.8 Å². The van der Waals surface area contributed by atoms with E-state index in [0.29, 0.717) is 18.8 Å². The average Bonchev–Trinajstić information content (AvgIpc) is 2.58. The molecule has 0 saturated heterocycles. The van der Waals surface area contributed by atoms with Crippen molar-refractivity contribution in [2.45, 2.75) is 57.8 Å². The number of pyridine rings is 1. The fraction of sp³-hybridized carbons (Fsp3) is 0.632. The van der Waals surface area contributed by atoms with Gasteiger partial charge in [-0.15, -0.1) is 0 Å². The van der Waals surface area contributed by atoms with Crippen molar-refractivity contribution < 1.29 is 19.1 Å². The van der Waals surface area contributed by atoms with Gasteiger partial charge in [0.05, 0.1) is 0 Å². The van der Waals surface area contributed by atoms with Gasteiger partial charge in [-0.1, -0.05) is 16.9 Å². The van der Waals surface area contributed by atoms with Gasteiger partial charge >= 0.3 is 12.2 Å². The molecule has 0 radical (unpaired) electrons. The summed E-state index contributed by atoms with van der Waals surface area (Å²) < 4.78 is 10.1. The van der Waals surface area contributed by atoms with Crippen LogP contribution in [0.4, 0.5) is 9.59 Å². The zero-order chi connectivity index (χ0) is 22.3. The van der Waals surface area contributed by atoms with Gasteiger partial charge in [-0.25, -0.2) is 14.6 Å². The number of aromatic nitrogens is 1. The highest BCUT2D eigenvalue weighted by Crippen LogP contribution is 2.28. The van der Waals surface area contributed by atoms with Crippen LogP contribution in [-0.2, 0) is 9.47 Å². The highest BCUT2D eigenvalue weighted by atomic mass is 33.1. The zero-order valence-corrected chi connectivity index (χ0v) is 20.5. The number of nitrogens with zero attached hydrogens (tertiary/aromatic N) is 1. The van der Waals surface area contributed by atoms with Gasteiger partial charge in [0.15, 0.2) is 0 Å². The molecule has 1 aromatic heterocycles. The number of alkyl carbamates (subject to hydrolysis) is 2. The summed E-state index contributed by atoms with van der Waals surface area (Å²) in [6.07, 6.45) is 1.01. The van der Waals surface area contributed by atoms with E-state index in [9.17, 15) is 9.59 Å². The molecule has 0 aliphatic carbocycles. The molecule has 0 saturated carbocycles. The van der Waals surface area contributed by atoms with Gasteiger partial charge in [0.2, 0.25) is 0 Å². The molecular formula is C19H33N3O4S3. The van der Waals surface area contributed by atoms with Crippen LogP contribution >= 0.6 is 34.2 Å². The van der Waals surface area contributed by atoms with Crippen LogP contribution in [0.3, 0.4) is 0 Å². The Kier molecular flexibility index (Phi) is 14.0. The maximum absolute atomic E-state index is 11.3. The van der Waals surface area contributed by atoms with Gasteiger partial charge in [0.1, 0.15) is 16.2 Å². The predicted molar refractivity (Wildman–Crippen MR) is 125 cm³/mol. The van der Waals surface area contributed by atoms with Crippen molar-refractivity contribution in [3.05, 3.63) is 24.4 Å². The Morgan fingerprint density at radius 2 is 1.55 bits per heavy atom. The van der Waals surface area contributed by atoms with E-state index in [1.165, 1.54) is 0 Å². The average molecular weight is 464 g/mol. The van der Waals surface area contributed by atoms with Gasteiger partial charge in [0, 0.05) is 30.8 Å². The molecule has 0 aromatic carbocycles. The van der Waals surface area contributed by atoms with Crippen molar-refractivity contribution >= 4 is 46.4 Å². The normalized spacial score (nSPS) is 11.0. The number of thiol groups is 1.